The number of Topliss-reactive ketones (excluding diaryl/α,β-unsaturated/α-hetero) is 1. The third-order valence-electron chi connectivity index (χ3n) is 5.90. The van der Waals surface area contributed by atoms with Gasteiger partial charge in [0.2, 0.25) is 0 Å². The van der Waals surface area contributed by atoms with Gasteiger partial charge in [0.15, 0.2) is 10.9 Å². The van der Waals surface area contributed by atoms with Gasteiger partial charge in [-0.15, -0.1) is 11.3 Å². The van der Waals surface area contributed by atoms with Crippen molar-refractivity contribution >= 4 is 45.1 Å². The Hall–Kier alpha value is -3.95. The maximum absolute atomic E-state index is 13.9. The van der Waals surface area contributed by atoms with E-state index in [0.717, 1.165) is 22.9 Å². The Balaban J connectivity index is 0.00000216. The Bertz CT molecular complexity index is 1600. The lowest BCUT2D eigenvalue weighted by Crippen LogP contribution is -2.23. The Kier molecular flexibility index (Phi) is 11.0. The molecule has 0 aliphatic carbocycles. The summed E-state index contributed by atoms with van der Waals surface area (Å²) in [5.74, 6) is -0.973. The number of nitrogens with zero attached hydrogens (tertiary/aromatic N) is 2. The van der Waals surface area contributed by atoms with Crippen molar-refractivity contribution < 1.29 is 14.3 Å². The Morgan fingerprint density at radius 3 is 2.30 bits per heavy atom. The van der Waals surface area contributed by atoms with E-state index in [1.165, 1.54) is 15.9 Å². The molecule has 0 atom stereocenters. The van der Waals surface area contributed by atoms with Gasteiger partial charge in [-0.1, -0.05) is 80.2 Å². The number of nitrogens with two attached hydrogens (primary N) is 1. The second-order valence-electron chi connectivity index (χ2n) is 8.24. The molecule has 0 radical (unpaired) electrons. The highest BCUT2D eigenvalue weighted by Crippen LogP contribution is 2.33. The number of ketones is 1. The number of benzene rings is 2. The average Bonchev–Trinajstić information content (AvgIpc) is 3.42. The molecule has 4 aromatic rings. The zero-order valence-electron chi connectivity index (χ0n) is 23.3. The number of fused-ring (bicyclic) bond motifs is 1. The lowest BCUT2D eigenvalue weighted by Gasteiger charge is -2.13. The SMILES string of the molecule is C/C=C(C(=O)OCC)/C(C)=C(\N)C(=O)CSc1nc2scc(-c3ccccc3)c2c(=O)n1-c1ccccc1.CC. The van der Waals surface area contributed by atoms with Crippen molar-refractivity contribution in [3.05, 3.63) is 99.3 Å². The van der Waals surface area contributed by atoms with Gasteiger partial charge in [0, 0.05) is 10.9 Å². The molecule has 2 N–H and O–H groups in total. The first-order chi connectivity index (χ1) is 19.4. The zero-order valence-corrected chi connectivity index (χ0v) is 24.9. The highest BCUT2D eigenvalue weighted by Gasteiger charge is 2.21. The van der Waals surface area contributed by atoms with Crippen LogP contribution in [-0.2, 0) is 14.3 Å². The molecular formula is C31H33N3O4S2. The molecule has 0 unspecified atom stereocenters. The topological polar surface area (TPSA) is 104 Å². The van der Waals surface area contributed by atoms with Crippen LogP contribution in [0.3, 0.4) is 0 Å². The largest absolute Gasteiger partial charge is 0.462 e. The summed E-state index contributed by atoms with van der Waals surface area (Å²) in [6.07, 6.45) is 1.57. The number of esters is 1. The summed E-state index contributed by atoms with van der Waals surface area (Å²) in [6, 6.07) is 18.9. The van der Waals surface area contributed by atoms with Gasteiger partial charge in [-0.3, -0.25) is 14.2 Å². The molecule has 208 valence electrons. The number of hydrogen-bond donors (Lipinski definition) is 1. The maximum Gasteiger partial charge on any atom is 0.338 e. The fraction of sp³-hybridized carbons (Fsp3) is 0.226. The van der Waals surface area contributed by atoms with Crippen LogP contribution in [0, 0.1) is 0 Å². The van der Waals surface area contributed by atoms with Gasteiger partial charge in [-0.05, 0) is 44.0 Å². The van der Waals surface area contributed by atoms with Crippen LogP contribution in [0.5, 0.6) is 0 Å². The molecule has 0 saturated heterocycles. The highest BCUT2D eigenvalue weighted by molar-refractivity contribution is 7.99. The van der Waals surface area contributed by atoms with E-state index < -0.39 is 5.97 Å². The average molecular weight is 576 g/mol. The van der Waals surface area contributed by atoms with Crippen molar-refractivity contribution in [3.8, 4) is 16.8 Å². The number of thiophene rings is 1. The first-order valence-corrected chi connectivity index (χ1v) is 14.8. The van der Waals surface area contributed by atoms with Crippen molar-refractivity contribution in [1.82, 2.24) is 9.55 Å². The molecule has 0 aliphatic heterocycles. The van der Waals surface area contributed by atoms with E-state index in [1.54, 1.807) is 26.8 Å². The lowest BCUT2D eigenvalue weighted by atomic mass is 10.0. The number of carbonyl (C=O) groups is 2. The maximum atomic E-state index is 13.9. The Morgan fingerprint density at radius 1 is 1.07 bits per heavy atom. The highest BCUT2D eigenvalue weighted by atomic mass is 32.2. The molecule has 4 rings (SSSR count). The van der Waals surface area contributed by atoms with E-state index in [9.17, 15) is 14.4 Å². The minimum absolute atomic E-state index is 0.0316. The summed E-state index contributed by atoms with van der Waals surface area (Å²) in [5.41, 5.74) is 8.90. The number of aromatic nitrogens is 2. The summed E-state index contributed by atoms with van der Waals surface area (Å²) in [4.78, 5) is 44.6. The van der Waals surface area contributed by atoms with Crippen LogP contribution in [0.1, 0.15) is 34.6 Å². The fourth-order valence-corrected chi connectivity index (χ4v) is 5.85. The second kappa shape index (κ2) is 14.4. The number of allylic oxidation sites excluding steroid dienone is 2. The molecular weight excluding hydrogens is 542 g/mol. The van der Waals surface area contributed by atoms with Crippen LogP contribution in [0.15, 0.2) is 98.9 Å². The third kappa shape index (κ3) is 6.60. The first-order valence-electron chi connectivity index (χ1n) is 13.0. The molecule has 0 aliphatic rings. The zero-order chi connectivity index (χ0) is 29.2. The lowest BCUT2D eigenvalue weighted by molar-refractivity contribution is -0.138. The smallest absolute Gasteiger partial charge is 0.338 e. The van der Waals surface area contributed by atoms with Crippen LogP contribution < -0.4 is 11.3 Å². The minimum Gasteiger partial charge on any atom is -0.462 e. The molecule has 7 nitrogen and oxygen atoms in total. The molecule has 0 fully saturated rings. The summed E-state index contributed by atoms with van der Waals surface area (Å²) in [7, 11) is 0. The fourth-order valence-electron chi connectivity index (χ4n) is 3.96. The van der Waals surface area contributed by atoms with Crippen molar-refractivity contribution in [2.45, 2.75) is 39.8 Å². The first kappa shape index (κ1) is 30.6. The summed E-state index contributed by atoms with van der Waals surface area (Å²) in [6.45, 7) is 9.23. The van der Waals surface area contributed by atoms with E-state index in [4.69, 9.17) is 15.5 Å². The monoisotopic (exact) mass is 575 g/mol. The Morgan fingerprint density at radius 2 is 1.70 bits per heavy atom. The van der Waals surface area contributed by atoms with Crippen LogP contribution in [0.25, 0.3) is 27.0 Å². The molecule has 40 heavy (non-hydrogen) atoms. The van der Waals surface area contributed by atoms with E-state index in [2.05, 4.69) is 0 Å². The molecule has 2 aromatic heterocycles. The predicted molar refractivity (Wildman–Crippen MR) is 165 cm³/mol. The van der Waals surface area contributed by atoms with Crippen molar-refractivity contribution in [2.24, 2.45) is 5.73 Å². The van der Waals surface area contributed by atoms with E-state index in [1.807, 2.05) is 79.9 Å². The molecule has 0 bridgehead atoms. The summed E-state index contributed by atoms with van der Waals surface area (Å²) >= 11 is 2.51. The molecule has 2 heterocycles. The number of rotatable bonds is 9. The van der Waals surface area contributed by atoms with Gasteiger partial charge in [-0.2, -0.15) is 0 Å². The van der Waals surface area contributed by atoms with Crippen molar-refractivity contribution in [3.63, 3.8) is 0 Å². The summed E-state index contributed by atoms with van der Waals surface area (Å²) < 4.78 is 6.60. The van der Waals surface area contributed by atoms with Gasteiger partial charge in [0.25, 0.3) is 5.56 Å². The number of thioether (sulfide) groups is 1. The van der Waals surface area contributed by atoms with Gasteiger partial charge in [0.1, 0.15) is 4.83 Å². The number of carbonyl (C=O) groups excluding carboxylic acids is 2. The van der Waals surface area contributed by atoms with E-state index in [-0.39, 0.29) is 35.0 Å². The van der Waals surface area contributed by atoms with E-state index >= 15 is 0 Å². The van der Waals surface area contributed by atoms with Crippen LogP contribution in [0.2, 0.25) is 0 Å². The van der Waals surface area contributed by atoms with Crippen LogP contribution in [0.4, 0.5) is 0 Å². The quantitative estimate of drug-likeness (QED) is 0.0794. The summed E-state index contributed by atoms with van der Waals surface area (Å²) in [5, 5.41) is 2.84. The van der Waals surface area contributed by atoms with Gasteiger partial charge in [-0.25, -0.2) is 9.78 Å². The number of hydrogen-bond acceptors (Lipinski definition) is 8. The van der Waals surface area contributed by atoms with Crippen molar-refractivity contribution in [2.75, 3.05) is 12.4 Å². The molecule has 0 saturated carbocycles. The molecule has 0 spiro atoms. The number of para-hydroxylation sites is 1. The molecule has 9 heteroatoms. The Labute approximate surface area is 242 Å². The standard InChI is InChI=1S/C29H27N3O4S2.C2H6/c1-4-21(28(35)36-5-2)18(3)25(30)23(33)17-38-29-31-26-24(22(16-37-26)19-12-8-6-9-13-19)27(34)32(29)20-14-10-7-11-15-20;1-2/h4,6-16H,5,17,30H2,1-3H3;1-2H3/b21-4-,25-18-;. The predicted octanol–water partition coefficient (Wildman–Crippen LogP) is 6.54. The van der Waals surface area contributed by atoms with Gasteiger partial charge in [0.05, 0.1) is 34.7 Å². The van der Waals surface area contributed by atoms with Crippen LogP contribution >= 0.6 is 23.1 Å². The third-order valence-corrected chi connectivity index (χ3v) is 7.71. The number of ether oxygens (including phenoxy) is 1. The second-order valence-corrected chi connectivity index (χ2v) is 10.0. The normalized spacial score (nSPS) is 11.9. The van der Waals surface area contributed by atoms with Crippen LogP contribution in [-0.4, -0.2) is 33.7 Å². The van der Waals surface area contributed by atoms with Gasteiger partial charge < -0.3 is 10.5 Å². The molecule has 2 aromatic carbocycles. The van der Waals surface area contributed by atoms with Crippen molar-refractivity contribution in [1.29, 1.82) is 0 Å². The van der Waals surface area contributed by atoms with Gasteiger partial charge >= 0.3 is 5.97 Å². The minimum atomic E-state index is -0.534. The molecule has 0 amide bonds. The van der Waals surface area contributed by atoms with E-state index in [0.29, 0.717) is 26.6 Å².